The molecule has 0 fully saturated rings. The van der Waals surface area contributed by atoms with Crippen LogP contribution in [0.5, 0.6) is 0 Å². The minimum absolute atomic E-state index is 0.0285. The van der Waals surface area contributed by atoms with Gasteiger partial charge in [0.2, 0.25) is 10.0 Å². The topological polar surface area (TPSA) is 86.0 Å². The van der Waals surface area contributed by atoms with Gasteiger partial charge < -0.3 is 0 Å². The van der Waals surface area contributed by atoms with Crippen LogP contribution in [-0.4, -0.2) is 29.0 Å². The minimum atomic E-state index is -3.66. The molecule has 12 heteroatoms. The second-order valence-electron chi connectivity index (χ2n) is 5.08. The molecule has 1 aromatic carbocycles. The molecule has 1 aromatic heterocycles. The van der Waals surface area contributed by atoms with Crippen LogP contribution in [0.2, 0.25) is 10.0 Å². The van der Waals surface area contributed by atoms with Crippen molar-refractivity contribution in [3.63, 3.8) is 0 Å². The molecule has 0 atom stereocenters. The van der Waals surface area contributed by atoms with Crippen molar-refractivity contribution in [1.82, 2.24) is 14.3 Å². The summed E-state index contributed by atoms with van der Waals surface area (Å²) in [5.41, 5.74) is -1.29. The van der Waals surface area contributed by atoms with Crippen molar-refractivity contribution < 1.29 is 17.2 Å². The van der Waals surface area contributed by atoms with Gasteiger partial charge in [-0.05, 0) is 19.1 Å². The van der Waals surface area contributed by atoms with Crippen LogP contribution in [-0.2, 0) is 16.1 Å². The number of nitrogens with one attached hydrogen (secondary N) is 1. The Kier molecular flexibility index (Phi) is 4.68. The maximum atomic E-state index is 13.5. The first-order chi connectivity index (χ1) is 10.8. The fourth-order valence-corrected chi connectivity index (χ4v) is 3.19. The second kappa shape index (κ2) is 6.01. The van der Waals surface area contributed by atoms with Gasteiger partial charge in [-0.25, -0.2) is 17.8 Å². The van der Waals surface area contributed by atoms with Crippen LogP contribution < -0.4 is 10.4 Å². The molecule has 1 N–H and O–H groups in total. The van der Waals surface area contributed by atoms with Crippen LogP contribution in [0.15, 0.2) is 16.9 Å². The van der Waals surface area contributed by atoms with Crippen LogP contribution >= 0.6 is 23.2 Å². The zero-order chi connectivity index (χ0) is 18.4. The van der Waals surface area contributed by atoms with Crippen molar-refractivity contribution in [3.8, 4) is 5.69 Å². The number of anilines is 1. The number of aryl methyl sites for hydroxylation is 1. The van der Waals surface area contributed by atoms with Gasteiger partial charge in [-0.1, -0.05) is 23.2 Å². The summed E-state index contributed by atoms with van der Waals surface area (Å²) in [5.74, 6) is -0.240. The Morgan fingerprint density at radius 1 is 1.25 bits per heavy atom. The van der Waals surface area contributed by atoms with E-state index in [9.17, 15) is 22.0 Å². The van der Waals surface area contributed by atoms with E-state index in [1.807, 2.05) is 0 Å². The van der Waals surface area contributed by atoms with Crippen molar-refractivity contribution in [2.45, 2.75) is 19.9 Å². The van der Waals surface area contributed by atoms with E-state index >= 15 is 0 Å². The van der Waals surface area contributed by atoms with E-state index in [0.29, 0.717) is 11.6 Å². The number of sulfonamides is 1. The summed E-state index contributed by atoms with van der Waals surface area (Å²) in [6, 6.07) is -1.15. The Morgan fingerprint density at radius 2 is 1.83 bits per heavy atom. The summed E-state index contributed by atoms with van der Waals surface area (Å²) in [7, 11) is -3.66. The van der Waals surface area contributed by atoms with Crippen molar-refractivity contribution >= 4 is 38.9 Å². The summed E-state index contributed by atoms with van der Waals surface area (Å²) in [6.45, 7) is 1.78. The van der Waals surface area contributed by atoms with Crippen molar-refractivity contribution in [3.05, 3.63) is 38.5 Å². The molecule has 0 spiro atoms. The van der Waals surface area contributed by atoms with Gasteiger partial charge in [-0.15, -0.1) is 5.10 Å². The van der Waals surface area contributed by atoms with Crippen LogP contribution in [0.3, 0.4) is 0 Å². The first kappa shape index (κ1) is 18.7. The van der Waals surface area contributed by atoms with Gasteiger partial charge >= 0.3 is 11.7 Å². The third kappa shape index (κ3) is 3.70. The van der Waals surface area contributed by atoms with E-state index in [-0.39, 0.29) is 31.8 Å². The summed E-state index contributed by atoms with van der Waals surface area (Å²) >= 11 is 11.9. The largest absolute Gasteiger partial charge is 0.355 e. The number of hydrogen-bond acceptors (Lipinski definition) is 4. The molecular weight excluding hydrogens is 389 g/mol. The van der Waals surface area contributed by atoms with E-state index < -0.39 is 21.8 Å². The van der Waals surface area contributed by atoms with E-state index in [4.69, 9.17) is 23.2 Å². The smallest absolute Gasteiger partial charge is 0.282 e. The number of hydrogen-bond donors (Lipinski definition) is 1. The molecule has 0 bridgehead atoms. The summed E-state index contributed by atoms with van der Waals surface area (Å²) in [6.07, 6.45) is 0.903. The fourth-order valence-electron chi connectivity index (χ4n) is 2.05. The highest BCUT2D eigenvalue weighted by atomic mass is 35.5. The molecule has 0 amide bonds. The van der Waals surface area contributed by atoms with E-state index in [2.05, 4.69) is 9.82 Å². The molecule has 24 heavy (non-hydrogen) atoms. The van der Waals surface area contributed by atoms with E-state index in [0.717, 1.165) is 12.3 Å². The molecule has 0 radical (unpaired) electrons. The quantitative estimate of drug-likeness (QED) is 0.854. The number of benzene rings is 1. The molecule has 132 valence electrons. The van der Waals surface area contributed by atoms with Gasteiger partial charge in [0.05, 0.1) is 27.7 Å². The highest BCUT2D eigenvalue weighted by molar-refractivity contribution is 7.92. The Bertz CT molecular complexity index is 964. The lowest BCUT2D eigenvalue weighted by molar-refractivity contribution is -0.0659. The number of nitrogens with zero attached hydrogens (tertiary/aromatic N) is 3. The van der Waals surface area contributed by atoms with Crippen molar-refractivity contribution in [2.75, 3.05) is 11.0 Å². The minimum Gasteiger partial charge on any atom is -0.282 e. The first-order valence-corrected chi connectivity index (χ1v) is 9.00. The molecule has 2 aromatic rings. The lowest BCUT2D eigenvalue weighted by Crippen LogP contribution is -2.33. The fraction of sp³-hybridized carbons (Fsp3) is 0.333. The second-order valence-corrected chi connectivity index (χ2v) is 7.64. The average molecular weight is 401 g/mol. The van der Waals surface area contributed by atoms with Crippen molar-refractivity contribution in [1.29, 1.82) is 0 Å². The zero-order valence-electron chi connectivity index (χ0n) is 12.6. The van der Waals surface area contributed by atoms with Gasteiger partial charge in [0.1, 0.15) is 5.82 Å². The van der Waals surface area contributed by atoms with E-state index in [1.54, 1.807) is 0 Å². The lowest BCUT2D eigenvalue weighted by Gasteiger charge is -2.11. The molecule has 0 aliphatic heterocycles. The Labute approximate surface area is 145 Å². The molecule has 0 unspecified atom stereocenters. The third-order valence-electron chi connectivity index (χ3n) is 2.89. The molecule has 0 aliphatic carbocycles. The number of rotatable bonds is 4. The van der Waals surface area contributed by atoms with Gasteiger partial charge in [-0.3, -0.25) is 4.72 Å². The van der Waals surface area contributed by atoms with E-state index in [1.165, 1.54) is 13.0 Å². The van der Waals surface area contributed by atoms with Crippen LogP contribution in [0, 0.1) is 6.92 Å². The zero-order valence-corrected chi connectivity index (χ0v) is 15.0. The van der Waals surface area contributed by atoms with Gasteiger partial charge in [0, 0.05) is 6.92 Å². The number of halogens is 4. The summed E-state index contributed by atoms with van der Waals surface area (Å²) in [5, 5.41) is 3.66. The lowest BCUT2D eigenvalue weighted by atomic mass is 10.3. The Hall–Kier alpha value is -1.65. The van der Waals surface area contributed by atoms with Crippen LogP contribution in [0.4, 0.5) is 14.5 Å². The number of alkyl halides is 2. The summed E-state index contributed by atoms with van der Waals surface area (Å²) < 4.78 is 52.8. The normalized spacial score (nSPS) is 12.5. The van der Waals surface area contributed by atoms with Gasteiger partial charge in [-0.2, -0.15) is 13.5 Å². The van der Waals surface area contributed by atoms with Gasteiger partial charge in [0.15, 0.2) is 0 Å². The average Bonchev–Trinajstić information content (AvgIpc) is 2.66. The maximum absolute atomic E-state index is 13.5. The molecule has 1 heterocycles. The standard InChI is InChI=1S/C12H12Cl2F2N4O3S/c1-6-17-20(11(21)19(6)12(2,15)16)10-5-9(18-24(3,22)23)7(13)4-8(10)14/h4-5,18H,1-3H3. The molecule has 0 saturated heterocycles. The molecule has 7 nitrogen and oxygen atoms in total. The predicted molar refractivity (Wildman–Crippen MR) is 86.9 cm³/mol. The Morgan fingerprint density at radius 3 is 2.29 bits per heavy atom. The maximum Gasteiger partial charge on any atom is 0.355 e. The molecule has 2 rings (SSSR count). The predicted octanol–water partition coefficient (Wildman–Crippen LogP) is 2.59. The third-order valence-corrected chi connectivity index (χ3v) is 4.10. The first-order valence-electron chi connectivity index (χ1n) is 6.35. The number of aromatic nitrogens is 3. The van der Waals surface area contributed by atoms with Gasteiger partial charge in [0.25, 0.3) is 0 Å². The molecule has 0 saturated carbocycles. The highest BCUT2D eigenvalue weighted by Crippen LogP contribution is 2.31. The summed E-state index contributed by atoms with van der Waals surface area (Å²) in [4.78, 5) is 12.2. The Balaban J connectivity index is 2.71. The molecular formula is C12H12Cl2F2N4O3S. The van der Waals surface area contributed by atoms with Crippen LogP contribution in [0.25, 0.3) is 5.69 Å². The SMILES string of the molecule is Cc1nn(-c2cc(NS(C)(=O)=O)c(Cl)cc2Cl)c(=O)n1C(C)(F)F. The van der Waals surface area contributed by atoms with Crippen LogP contribution in [0.1, 0.15) is 12.7 Å². The highest BCUT2D eigenvalue weighted by Gasteiger charge is 2.31. The monoisotopic (exact) mass is 400 g/mol. The van der Waals surface area contributed by atoms with Crippen molar-refractivity contribution in [2.24, 2.45) is 0 Å². The molecule has 0 aliphatic rings.